The van der Waals surface area contributed by atoms with Gasteiger partial charge >= 0.3 is 5.97 Å². The zero-order valence-electron chi connectivity index (χ0n) is 27.4. The Balaban J connectivity index is 1.33. The van der Waals surface area contributed by atoms with E-state index in [-0.39, 0.29) is 30.7 Å². The molecule has 1 aliphatic rings. The number of carboxylic acids is 1. The van der Waals surface area contributed by atoms with Crippen LogP contribution in [0.5, 0.6) is 17.2 Å². The van der Waals surface area contributed by atoms with E-state index in [1.54, 1.807) is 26.5 Å². The van der Waals surface area contributed by atoms with Crippen molar-refractivity contribution in [3.05, 3.63) is 81.6 Å². The molecule has 0 fully saturated rings. The highest BCUT2D eigenvalue weighted by Gasteiger charge is 2.29. The normalized spacial score (nSPS) is 14.1. The molecule has 1 aliphatic carbocycles. The Bertz CT molecular complexity index is 1900. The van der Waals surface area contributed by atoms with Crippen molar-refractivity contribution >= 4 is 34.4 Å². The summed E-state index contributed by atoms with van der Waals surface area (Å²) < 4.78 is 17.0. The second kappa shape index (κ2) is 14.9. The van der Waals surface area contributed by atoms with Gasteiger partial charge in [-0.3, -0.25) is 14.4 Å². The van der Waals surface area contributed by atoms with Crippen molar-refractivity contribution in [1.82, 2.24) is 15.6 Å². The quantitative estimate of drug-likeness (QED) is 0.131. The van der Waals surface area contributed by atoms with Gasteiger partial charge in [-0.15, -0.1) is 0 Å². The number of benzene rings is 2. The lowest BCUT2D eigenvalue weighted by atomic mass is 9.95. The topological polar surface area (TPSA) is 168 Å². The summed E-state index contributed by atoms with van der Waals surface area (Å²) in [4.78, 5) is 53.5. The molecule has 0 unspecified atom stereocenters. The SMILES string of the molecule is COc1cc2c(c(OC)c1OC)-c1ccc(NCCCC(=O)N[C@H](Cc3c[nH]c4ccccc34)C(=O)O)c(=O)cc1[C@H](NC(C)=O)CC2. The third-order valence-corrected chi connectivity index (χ3v) is 8.54. The number of rotatable bonds is 13. The van der Waals surface area contributed by atoms with Crippen molar-refractivity contribution in [2.24, 2.45) is 0 Å². The number of nitrogens with one attached hydrogen (secondary N) is 4. The van der Waals surface area contributed by atoms with Gasteiger partial charge in [-0.2, -0.15) is 0 Å². The van der Waals surface area contributed by atoms with Gasteiger partial charge in [0.15, 0.2) is 11.5 Å². The highest BCUT2D eigenvalue weighted by Crippen LogP contribution is 2.50. The number of carbonyl (C=O) groups excluding carboxylic acids is 2. The Morgan fingerprint density at radius 3 is 2.50 bits per heavy atom. The van der Waals surface area contributed by atoms with Crippen molar-refractivity contribution in [1.29, 1.82) is 0 Å². The highest BCUT2D eigenvalue weighted by atomic mass is 16.5. The Morgan fingerprint density at radius 2 is 1.79 bits per heavy atom. The van der Waals surface area contributed by atoms with Crippen LogP contribution in [0, 0.1) is 0 Å². The van der Waals surface area contributed by atoms with E-state index in [0.29, 0.717) is 53.3 Å². The average Bonchev–Trinajstić information content (AvgIpc) is 3.33. The van der Waals surface area contributed by atoms with Crippen LogP contribution < -0.4 is 35.6 Å². The fourth-order valence-electron chi connectivity index (χ4n) is 6.31. The van der Waals surface area contributed by atoms with Crippen LogP contribution in [-0.2, 0) is 27.2 Å². The summed E-state index contributed by atoms with van der Waals surface area (Å²) in [6.45, 7) is 1.73. The second-order valence-corrected chi connectivity index (χ2v) is 11.6. The average molecular weight is 657 g/mol. The number of fused-ring (bicyclic) bond motifs is 4. The minimum Gasteiger partial charge on any atom is -0.493 e. The molecule has 2 atom stereocenters. The van der Waals surface area contributed by atoms with E-state index in [1.165, 1.54) is 20.1 Å². The number of hydrogen-bond donors (Lipinski definition) is 5. The van der Waals surface area contributed by atoms with Crippen molar-refractivity contribution in [2.75, 3.05) is 33.2 Å². The van der Waals surface area contributed by atoms with Crippen molar-refractivity contribution in [2.45, 2.75) is 51.1 Å². The molecule has 3 aromatic carbocycles. The van der Waals surface area contributed by atoms with E-state index in [9.17, 15) is 24.3 Å². The summed E-state index contributed by atoms with van der Waals surface area (Å²) in [5.41, 5.74) is 4.74. The molecule has 0 spiro atoms. The van der Waals surface area contributed by atoms with Gasteiger partial charge in [0.05, 0.1) is 33.1 Å². The molecular weight excluding hydrogens is 616 g/mol. The third kappa shape index (κ3) is 7.22. The first-order chi connectivity index (χ1) is 23.1. The number of aryl methyl sites for hydroxylation is 1. The van der Waals surface area contributed by atoms with E-state index in [4.69, 9.17) is 14.2 Å². The predicted octanol–water partition coefficient (Wildman–Crippen LogP) is 4.35. The summed E-state index contributed by atoms with van der Waals surface area (Å²) in [5, 5.41) is 19.4. The van der Waals surface area contributed by atoms with E-state index < -0.39 is 24.0 Å². The van der Waals surface area contributed by atoms with E-state index in [2.05, 4.69) is 20.9 Å². The maximum Gasteiger partial charge on any atom is 0.326 e. The summed E-state index contributed by atoms with van der Waals surface area (Å²) in [7, 11) is 4.62. The Morgan fingerprint density at radius 1 is 1.02 bits per heavy atom. The Labute approximate surface area is 277 Å². The predicted molar refractivity (Wildman–Crippen MR) is 182 cm³/mol. The number of carboxylic acid groups (broad SMARTS) is 1. The van der Waals surface area contributed by atoms with E-state index >= 15 is 0 Å². The van der Waals surface area contributed by atoms with Crippen LogP contribution in [0.2, 0.25) is 0 Å². The molecule has 2 amide bonds. The molecule has 5 N–H and O–H groups in total. The summed E-state index contributed by atoms with van der Waals surface area (Å²) in [6.07, 6.45) is 3.44. The first kappa shape index (κ1) is 33.8. The van der Waals surface area contributed by atoms with Crippen LogP contribution >= 0.6 is 0 Å². The first-order valence-electron chi connectivity index (χ1n) is 15.7. The number of aromatic nitrogens is 1. The molecule has 0 saturated carbocycles. The molecular formula is C36H40N4O8. The number of carbonyl (C=O) groups is 3. The lowest BCUT2D eigenvalue weighted by molar-refractivity contribution is -0.141. The molecule has 0 radical (unpaired) electrons. The van der Waals surface area contributed by atoms with Crippen LogP contribution in [0.3, 0.4) is 0 Å². The number of amides is 2. The fraction of sp³-hybridized carbons (Fsp3) is 0.333. The van der Waals surface area contributed by atoms with Gasteiger partial charge in [0.2, 0.25) is 23.0 Å². The standard InChI is InChI=1S/C36H40N4O8/c1-20(41)39-27-13-11-21-17-31(46-2)34(47-3)35(48-4)33(21)24-12-14-28(30(42)18-25(24)27)37-15-7-10-32(43)40-29(36(44)45)16-22-19-38-26-9-6-5-8-23(22)26/h5-6,8-9,12,14,17-19,27,29,38H,7,10-11,13,15-16H2,1-4H3,(H,37,42)(H,39,41)(H,40,43)(H,44,45)/t27-,29-/m1/s1. The zero-order valence-corrected chi connectivity index (χ0v) is 27.4. The van der Waals surface area contributed by atoms with Crippen molar-refractivity contribution in [3.63, 3.8) is 0 Å². The van der Waals surface area contributed by atoms with Crippen molar-refractivity contribution < 1.29 is 33.7 Å². The van der Waals surface area contributed by atoms with Gasteiger partial charge in [0.1, 0.15) is 6.04 Å². The van der Waals surface area contributed by atoms with Crippen molar-refractivity contribution in [3.8, 4) is 28.4 Å². The van der Waals surface area contributed by atoms with E-state index in [1.807, 2.05) is 36.4 Å². The number of ether oxygens (including phenoxy) is 3. The van der Waals surface area contributed by atoms with Gasteiger partial charge in [0, 0.05) is 49.0 Å². The van der Waals surface area contributed by atoms with Crippen LogP contribution in [-0.4, -0.2) is 61.8 Å². The fourth-order valence-corrected chi connectivity index (χ4v) is 6.31. The number of H-pyrrole nitrogens is 1. The maximum absolute atomic E-state index is 13.5. The lowest BCUT2D eigenvalue weighted by Crippen LogP contribution is -2.42. The molecule has 12 nitrogen and oxygen atoms in total. The van der Waals surface area contributed by atoms with Crippen LogP contribution in [0.4, 0.5) is 5.69 Å². The van der Waals surface area contributed by atoms with Crippen LogP contribution in [0.1, 0.15) is 48.9 Å². The van der Waals surface area contributed by atoms with Gasteiger partial charge in [0.25, 0.3) is 0 Å². The molecule has 0 aliphatic heterocycles. The van der Waals surface area contributed by atoms with Gasteiger partial charge in [-0.1, -0.05) is 24.3 Å². The van der Waals surface area contributed by atoms with Gasteiger partial charge in [-0.25, -0.2) is 4.79 Å². The highest BCUT2D eigenvalue weighted by molar-refractivity contribution is 5.87. The summed E-state index contributed by atoms with van der Waals surface area (Å²) >= 11 is 0. The first-order valence-corrected chi connectivity index (χ1v) is 15.7. The minimum atomic E-state index is -1.12. The maximum atomic E-state index is 13.5. The van der Waals surface area contributed by atoms with Crippen LogP contribution in [0.25, 0.3) is 22.0 Å². The number of anilines is 1. The van der Waals surface area contributed by atoms with Crippen LogP contribution in [0.15, 0.2) is 59.5 Å². The molecule has 48 heavy (non-hydrogen) atoms. The van der Waals surface area contributed by atoms with E-state index in [0.717, 1.165) is 27.6 Å². The summed E-state index contributed by atoms with van der Waals surface area (Å²) in [5.74, 6) is -0.355. The smallest absolute Gasteiger partial charge is 0.326 e. The Kier molecular flexibility index (Phi) is 10.5. The lowest BCUT2D eigenvalue weighted by Gasteiger charge is -2.19. The molecule has 4 aromatic rings. The van der Waals surface area contributed by atoms with Gasteiger partial charge in [-0.05, 0) is 65.8 Å². The molecule has 1 aromatic heterocycles. The monoisotopic (exact) mass is 656 g/mol. The molecule has 0 bridgehead atoms. The van der Waals surface area contributed by atoms with Gasteiger partial charge < -0.3 is 40.3 Å². The zero-order chi connectivity index (χ0) is 34.4. The molecule has 5 rings (SSSR count). The number of aromatic amines is 1. The second-order valence-electron chi connectivity index (χ2n) is 11.6. The Hall–Kier alpha value is -5.52. The molecule has 252 valence electrons. The molecule has 12 heteroatoms. The molecule has 1 heterocycles. The number of para-hydroxylation sites is 1. The number of aliphatic carboxylic acids is 1. The largest absolute Gasteiger partial charge is 0.493 e. The summed E-state index contributed by atoms with van der Waals surface area (Å²) in [6, 6.07) is 13.0. The third-order valence-electron chi connectivity index (χ3n) is 8.54. The number of hydrogen-bond acceptors (Lipinski definition) is 8. The molecule has 0 saturated heterocycles. The number of methoxy groups -OCH3 is 3. The minimum absolute atomic E-state index is 0.0606.